The number of methoxy groups -OCH3 is 1. The second-order valence-corrected chi connectivity index (χ2v) is 8.09. The Balaban J connectivity index is 2.48. The summed E-state index contributed by atoms with van der Waals surface area (Å²) in [5.41, 5.74) is 1.34. The Morgan fingerprint density at radius 2 is 2.00 bits per heavy atom. The van der Waals surface area contributed by atoms with Crippen LogP contribution >= 0.6 is 11.8 Å². The minimum Gasteiger partial charge on any atom is -0.497 e. The summed E-state index contributed by atoms with van der Waals surface area (Å²) in [5.74, 6) is 2.03. The van der Waals surface area contributed by atoms with Gasteiger partial charge in [0.05, 0.1) is 24.7 Å². The maximum atomic E-state index is 13.0. The van der Waals surface area contributed by atoms with Crippen molar-refractivity contribution >= 4 is 21.8 Å². The first kappa shape index (κ1) is 16.6. The van der Waals surface area contributed by atoms with Gasteiger partial charge in [-0.1, -0.05) is 0 Å². The second kappa shape index (κ2) is 6.56. The van der Waals surface area contributed by atoms with Crippen molar-refractivity contribution in [3.05, 3.63) is 23.3 Å². The van der Waals surface area contributed by atoms with Crippen molar-refractivity contribution in [3.63, 3.8) is 0 Å². The smallest absolute Gasteiger partial charge is 0.243 e. The lowest BCUT2D eigenvalue weighted by Crippen LogP contribution is -2.48. The van der Waals surface area contributed by atoms with Gasteiger partial charge in [0.1, 0.15) is 5.75 Å². The molecule has 1 aromatic carbocycles. The summed E-state index contributed by atoms with van der Waals surface area (Å²) in [7, 11) is -2.04. The van der Waals surface area contributed by atoms with E-state index in [-0.39, 0.29) is 12.6 Å². The van der Waals surface area contributed by atoms with Crippen LogP contribution in [0.3, 0.4) is 0 Å². The third-order valence-electron chi connectivity index (χ3n) is 3.62. The van der Waals surface area contributed by atoms with E-state index in [0.29, 0.717) is 34.1 Å². The molecule has 1 saturated heterocycles. The molecule has 1 aromatic rings. The summed E-state index contributed by atoms with van der Waals surface area (Å²) >= 11 is 1.67. The quantitative estimate of drug-likeness (QED) is 0.903. The Morgan fingerprint density at radius 1 is 1.38 bits per heavy atom. The van der Waals surface area contributed by atoms with Gasteiger partial charge in [0.2, 0.25) is 10.0 Å². The highest BCUT2D eigenvalue weighted by Gasteiger charge is 2.35. The molecular weight excluding hydrogens is 310 g/mol. The summed E-state index contributed by atoms with van der Waals surface area (Å²) in [5, 5.41) is 9.45. The first-order chi connectivity index (χ1) is 9.91. The van der Waals surface area contributed by atoms with Crippen LogP contribution in [0, 0.1) is 13.8 Å². The highest BCUT2D eigenvalue weighted by Crippen LogP contribution is 2.31. The number of aliphatic hydroxyl groups excluding tert-OH is 1. The fraction of sp³-hybridized carbons (Fsp3) is 0.571. The molecule has 1 aliphatic rings. The zero-order chi connectivity index (χ0) is 15.6. The minimum atomic E-state index is -3.61. The van der Waals surface area contributed by atoms with Crippen LogP contribution in [-0.2, 0) is 10.0 Å². The van der Waals surface area contributed by atoms with Crippen LogP contribution in [0.1, 0.15) is 11.1 Å². The maximum absolute atomic E-state index is 13.0. The van der Waals surface area contributed by atoms with Crippen LogP contribution in [0.5, 0.6) is 5.75 Å². The van der Waals surface area contributed by atoms with E-state index in [4.69, 9.17) is 4.74 Å². The van der Waals surface area contributed by atoms with E-state index in [1.807, 2.05) is 0 Å². The van der Waals surface area contributed by atoms with E-state index in [9.17, 15) is 13.5 Å². The molecule has 118 valence electrons. The average Bonchev–Trinajstić information content (AvgIpc) is 2.46. The van der Waals surface area contributed by atoms with Crippen LogP contribution in [0.4, 0.5) is 0 Å². The Bertz CT molecular complexity index is 592. The normalized spacial score (nSPS) is 20.5. The topological polar surface area (TPSA) is 66.8 Å². The average molecular weight is 331 g/mol. The Hall–Kier alpha value is -0.760. The third-order valence-corrected chi connectivity index (χ3v) is 6.97. The summed E-state index contributed by atoms with van der Waals surface area (Å²) in [6.07, 6.45) is 0. The van der Waals surface area contributed by atoms with Gasteiger partial charge >= 0.3 is 0 Å². The molecule has 0 spiro atoms. The number of sulfonamides is 1. The van der Waals surface area contributed by atoms with Gasteiger partial charge in [-0.05, 0) is 37.1 Å². The van der Waals surface area contributed by atoms with Crippen LogP contribution in [0.2, 0.25) is 0 Å². The fourth-order valence-electron chi connectivity index (χ4n) is 2.65. The summed E-state index contributed by atoms with van der Waals surface area (Å²) in [4.78, 5) is 0.327. The first-order valence-corrected chi connectivity index (χ1v) is 9.37. The first-order valence-electron chi connectivity index (χ1n) is 6.77. The van der Waals surface area contributed by atoms with Gasteiger partial charge in [-0.2, -0.15) is 16.1 Å². The summed E-state index contributed by atoms with van der Waals surface area (Å²) in [6.45, 7) is 3.83. The lowest BCUT2D eigenvalue weighted by atomic mass is 10.1. The number of nitrogens with zero attached hydrogens (tertiary/aromatic N) is 1. The number of hydrogen-bond acceptors (Lipinski definition) is 5. The summed E-state index contributed by atoms with van der Waals surface area (Å²) in [6, 6.07) is 3.11. The molecule has 21 heavy (non-hydrogen) atoms. The zero-order valence-corrected chi connectivity index (χ0v) is 14.1. The van der Waals surface area contributed by atoms with E-state index in [1.165, 1.54) is 4.31 Å². The molecule has 0 radical (unpaired) electrons. The Morgan fingerprint density at radius 3 is 2.52 bits per heavy atom. The minimum absolute atomic E-state index is 0.152. The SMILES string of the molecule is COc1cc(C)c(S(=O)(=O)N2CCSCC2CO)c(C)c1. The Kier molecular flexibility index (Phi) is 5.19. The zero-order valence-electron chi connectivity index (χ0n) is 12.5. The van der Waals surface area contributed by atoms with Crippen molar-refractivity contribution in [2.24, 2.45) is 0 Å². The Labute approximate surface area is 130 Å². The number of benzene rings is 1. The van der Waals surface area contributed by atoms with Gasteiger partial charge in [0.25, 0.3) is 0 Å². The molecule has 1 heterocycles. The van der Waals surface area contributed by atoms with Crippen molar-refractivity contribution in [2.45, 2.75) is 24.8 Å². The van der Waals surface area contributed by atoms with E-state index in [0.717, 1.165) is 5.75 Å². The third kappa shape index (κ3) is 3.21. The molecule has 2 rings (SSSR count). The second-order valence-electron chi connectivity index (χ2n) is 5.12. The van der Waals surface area contributed by atoms with Gasteiger partial charge in [-0.3, -0.25) is 0 Å². The molecule has 5 nitrogen and oxygen atoms in total. The molecular formula is C14H21NO4S2. The highest BCUT2D eigenvalue weighted by atomic mass is 32.2. The predicted molar refractivity (Wildman–Crippen MR) is 84.6 cm³/mol. The van der Waals surface area contributed by atoms with Gasteiger partial charge in [-0.25, -0.2) is 8.42 Å². The molecule has 1 atom stereocenters. The number of aryl methyl sites for hydroxylation is 2. The molecule has 1 fully saturated rings. The van der Waals surface area contributed by atoms with Gasteiger partial charge < -0.3 is 9.84 Å². The largest absolute Gasteiger partial charge is 0.497 e. The summed E-state index contributed by atoms with van der Waals surface area (Å²) < 4.78 is 32.5. The van der Waals surface area contributed by atoms with E-state index in [1.54, 1.807) is 44.9 Å². The van der Waals surface area contributed by atoms with E-state index >= 15 is 0 Å². The number of aliphatic hydroxyl groups is 1. The van der Waals surface area contributed by atoms with Gasteiger partial charge in [0, 0.05) is 18.1 Å². The van der Waals surface area contributed by atoms with Crippen molar-refractivity contribution in [1.82, 2.24) is 4.31 Å². The molecule has 0 saturated carbocycles. The standard InChI is InChI=1S/C14H21NO4S2/c1-10-6-13(19-3)7-11(2)14(10)21(17,18)15-4-5-20-9-12(15)8-16/h6-7,12,16H,4-5,8-9H2,1-3H3. The van der Waals surface area contributed by atoms with Crippen molar-refractivity contribution in [3.8, 4) is 5.75 Å². The maximum Gasteiger partial charge on any atom is 0.243 e. The monoisotopic (exact) mass is 331 g/mol. The van der Waals surface area contributed by atoms with Crippen LogP contribution in [0.15, 0.2) is 17.0 Å². The number of ether oxygens (including phenoxy) is 1. The number of rotatable bonds is 4. The van der Waals surface area contributed by atoms with Crippen molar-refractivity contribution < 1.29 is 18.3 Å². The molecule has 0 aliphatic carbocycles. The van der Waals surface area contributed by atoms with Gasteiger partial charge in [0.15, 0.2) is 0 Å². The molecule has 0 bridgehead atoms. The van der Waals surface area contributed by atoms with E-state index < -0.39 is 10.0 Å². The lowest BCUT2D eigenvalue weighted by molar-refractivity contribution is 0.202. The van der Waals surface area contributed by atoms with E-state index in [2.05, 4.69) is 0 Å². The molecule has 0 amide bonds. The predicted octanol–water partition coefficient (Wildman–Crippen LogP) is 1.41. The van der Waals surface area contributed by atoms with Crippen LogP contribution < -0.4 is 4.74 Å². The van der Waals surface area contributed by atoms with Crippen LogP contribution in [0.25, 0.3) is 0 Å². The van der Waals surface area contributed by atoms with Crippen molar-refractivity contribution in [2.75, 3.05) is 31.8 Å². The van der Waals surface area contributed by atoms with Gasteiger partial charge in [-0.15, -0.1) is 0 Å². The van der Waals surface area contributed by atoms with Crippen molar-refractivity contribution in [1.29, 1.82) is 0 Å². The molecule has 1 N–H and O–H groups in total. The lowest BCUT2D eigenvalue weighted by Gasteiger charge is -2.34. The molecule has 7 heteroatoms. The van der Waals surface area contributed by atoms with Crippen LogP contribution in [-0.4, -0.2) is 55.6 Å². The fourth-order valence-corrected chi connectivity index (χ4v) is 5.94. The number of thioether (sulfide) groups is 1. The highest BCUT2D eigenvalue weighted by molar-refractivity contribution is 7.99. The molecule has 1 aliphatic heterocycles. The molecule has 1 unspecified atom stereocenters. The molecule has 0 aromatic heterocycles. The number of hydrogen-bond donors (Lipinski definition) is 1.